The topological polar surface area (TPSA) is 89.9 Å². The van der Waals surface area contributed by atoms with Crippen LogP contribution in [0.25, 0.3) is 0 Å². The third-order valence-corrected chi connectivity index (χ3v) is 8.37. The van der Waals surface area contributed by atoms with Gasteiger partial charge in [-0.15, -0.1) is 0 Å². The largest absolute Gasteiger partial charge is 0.392 e. The summed E-state index contributed by atoms with van der Waals surface area (Å²) < 4.78 is 26.7. The van der Waals surface area contributed by atoms with Gasteiger partial charge in [0, 0.05) is 19.3 Å². The minimum atomic E-state index is -3.63. The van der Waals surface area contributed by atoms with E-state index in [4.69, 9.17) is 0 Å². The predicted molar refractivity (Wildman–Crippen MR) is 158 cm³/mol. The van der Waals surface area contributed by atoms with Crippen molar-refractivity contribution in [1.82, 2.24) is 14.5 Å². The molecule has 1 saturated heterocycles. The molecule has 1 unspecified atom stereocenters. The molecule has 0 saturated carbocycles. The number of aliphatic hydroxyl groups excluding tert-OH is 1. The lowest BCUT2D eigenvalue weighted by atomic mass is 9.89. The van der Waals surface area contributed by atoms with Crippen LogP contribution >= 0.6 is 0 Å². The zero-order valence-electron chi connectivity index (χ0n) is 23.2. The molecule has 0 aromatic heterocycles. The van der Waals surface area contributed by atoms with Crippen LogP contribution in [0.15, 0.2) is 96.7 Å². The third kappa shape index (κ3) is 9.20. The van der Waals surface area contributed by atoms with Crippen LogP contribution in [-0.4, -0.2) is 73.8 Å². The van der Waals surface area contributed by atoms with E-state index in [9.17, 15) is 18.3 Å². The number of carbonyl (C=O) groups excluding carboxylic acids is 1. The van der Waals surface area contributed by atoms with Gasteiger partial charge in [0.05, 0.1) is 23.8 Å². The highest BCUT2D eigenvalue weighted by Crippen LogP contribution is 2.28. The van der Waals surface area contributed by atoms with E-state index in [0.717, 1.165) is 42.6 Å². The number of allylic oxidation sites excluding steroid dienone is 3. The van der Waals surface area contributed by atoms with Crippen LogP contribution in [0.3, 0.4) is 0 Å². The second-order valence-corrected chi connectivity index (χ2v) is 12.0. The van der Waals surface area contributed by atoms with Gasteiger partial charge >= 0.3 is 0 Å². The maximum absolute atomic E-state index is 14.1. The summed E-state index contributed by atoms with van der Waals surface area (Å²) in [6, 6.07) is 19.4. The first-order valence-corrected chi connectivity index (χ1v) is 15.0. The molecule has 2 N–H and O–H groups in total. The monoisotopic (exact) mass is 551 g/mol. The van der Waals surface area contributed by atoms with Crippen LogP contribution in [0.4, 0.5) is 0 Å². The molecule has 7 nitrogen and oxygen atoms in total. The Kier molecular flexibility index (Phi) is 11.1. The maximum Gasteiger partial charge on any atom is 0.235 e. The number of likely N-dealkylation sites (N-methyl/N-ethyl adjacent to an activating group) is 1. The number of benzene rings is 2. The molecule has 1 amide bonds. The second-order valence-electron chi connectivity index (χ2n) is 10.2. The highest BCUT2D eigenvalue weighted by molar-refractivity contribution is 7.89. The van der Waals surface area contributed by atoms with Gasteiger partial charge in [-0.05, 0) is 62.6 Å². The second kappa shape index (κ2) is 14.3. The lowest BCUT2D eigenvalue weighted by Crippen LogP contribution is -2.46. The van der Waals surface area contributed by atoms with Crippen molar-refractivity contribution in [3.63, 3.8) is 0 Å². The van der Waals surface area contributed by atoms with E-state index in [1.165, 1.54) is 6.92 Å². The average molecular weight is 552 g/mol. The van der Waals surface area contributed by atoms with E-state index in [-0.39, 0.29) is 17.7 Å². The van der Waals surface area contributed by atoms with Crippen LogP contribution in [0.5, 0.6) is 0 Å². The average Bonchev–Trinajstić information content (AvgIpc) is 3.40. The Balaban J connectivity index is 1.84. The summed E-state index contributed by atoms with van der Waals surface area (Å²) in [6.45, 7) is 10.0. The van der Waals surface area contributed by atoms with Crippen molar-refractivity contribution >= 4 is 15.9 Å². The molecule has 2 aromatic carbocycles. The Morgan fingerprint density at radius 3 is 2.13 bits per heavy atom. The van der Waals surface area contributed by atoms with Crippen LogP contribution in [0.1, 0.15) is 43.7 Å². The molecule has 3 rings (SSSR count). The van der Waals surface area contributed by atoms with Gasteiger partial charge in [0.1, 0.15) is 0 Å². The third-order valence-electron chi connectivity index (χ3n) is 6.82. The van der Waals surface area contributed by atoms with Gasteiger partial charge < -0.3 is 14.9 Å². The summed E-state index contributed by atoms with van der Waals surface area (Å²) in [7, 11) is -1.79. The smallest absolute Gasteiger partial charge is 0.235 e. The number of sulfonamides is 1. The fraction of sp³-hybridized carbons (Fsp3) is 0.387. The van der Waals surface area contributed by atoms with E-state index in [0.29, 0.717) is 12.2 Å². The molecule has 0 spiro atoms. The molecule has 0 aliphatic carbocycles. The number of carbonyl (C=O) groups is 1. The molecule has 8 heteroatoms. The van der Waals surface area contributed by atoms with Gasteiger partial charge in [0.25, 0.3) is 0 Å². The number of hydrogen-bond acceptors (Lipinski definition) is 5. The fourth-order valence-electron chi connectivity index (χ4n) is 4.89. The Bertz CT molecular complexity index is 1210. The number of likely N-dealkylation sites (tertiary alicyclic amines) is 1. The van der Waals surface area contributed by atoms with Gasteiger partial charge in [-0.2, -0.15) is 0 Å². The van der Waals surface area contributed by atoms with Crippen LogP contribution in [-0.2, 0) is 14.8 Å². The van der Waals surface area contributed by atoms with Gasteiger partial charge in [0.15, 0.2) is 0 Å². The highest BCUT2D eigenvalue weighted by Gasteiger charge is 2.31. The molecule has 2 aromatic rings. The summed E-state index contributed by atoms with van der Waals surface area (Å²) in [4.78, 5) is 18.3. The molecule has 2 atom stereocenters. The first-order valence-electron chi connectivity index (χ1n) is 13.4. The summed E-state index contributed by atoms with van der Waals surface area (Å²) in [5.41, 5.74) is 3.05. The van der Waals surface area contributed by atoms with Crippen LogP contribution < -0.4 is 4.72 Å². The van der Waals surface area contributed by atoms with Crippen LogP contribution in [0.2, 0.25) is 0 Å². The van der Waals surface area contributed by atoms with E-state index < -0.39 is 22.0 Å². The minimum absolute atomic E-state index is 0.0104. The lowest BCUT2D eigenvalue weighted by molar-refractivity contribution is -0.132. The highest BCUT2D eigenvalue weighted by atomic mass is 32.2. The summed E-state index contributed by atoms with van der Waals surface area (Å²) in [5, 5.41) is 9.41. The summed E-state index contributed by atoms with van der Waals surface area (Å²) >= 11 is 0. The molecule has 1 aliphatic heterocycles. The summed E-state index contributed by atoms with van der Waals surface area (Å²) in [5.74, 6) is -0.826. The number of nitrogens with zero attached hydrogens (tertiary/aromatic N) is 2. The van der Waals surface area contributed by atoms with Crippen molar-refractivity contribution in [1.29, 1.82) is 0 Å². The number of nitrogens with one attached hydrogen (secondary N) is 1. The molecule has 1 fully saturated rings. The lowest BCUT2D eigenvalue weighted by Gasteiger charge is -2.34. The van der Waals surface area contributed by atoms with Gasteiger partial charge in [-0.25, -0.2) is 8.42 Å². The molecular weight excluding hydrogens is 510 g/mol. The SMILES string of the molecule is C=C(/C=C\C=C(/C)NS(=O)(=O)CC(C)O)[C@@H](CN1CCCC1)N(C)C(=O)C(c1ccccc1)c1ccccc1. The van der Waals surface area contributed by atoms with Crippen molar-refractivity contribution in [3.05, 3.63) is 108 Å². The Morgan fingerprint density at radius 1 is 1.08 bits per heavy atom. The van der Waals surface area contributed by atoms with E-state index in [2.05, 4.69) is 16.2 Å². The molecule has 1 aliphatic rings. The normalized spacial score (nSPS) is 16.4. The Hall–Kier alpha value is -3.20. The van der Waals surface area contributed by atoms with Crippen molar-refractivity contribution in [2.45, 2.75) is 44.8 Å². The first kappa shape index (κ1) is 30.3. The maximum atomic E-state index is 14.1. The standard InChI is InChI=1S/C31H41N3O4S/c1-24(14-13-15-25(2)32-39(37,38)23-26(3)35)29(22-34-20-11-12-21-34)33(4)31(36)30(27-16-7-5-8-17-27)28-18-9-6-10-19-28/h5-10,13-19,26,29-30,32,35H,1,11-12,20-23H2,2-4H3/b14-13-,25-15+/t26?,29-/m1/s1. The molecule has 0 radical (unpaired) electrons. The molecular formula is C31H41N3O4S. The van der Waals surface area contributed by atoms with Crippen molar-refractivity contribution in [2.75, 3.05) is 32.4 Å². The predicted octanol–water partition coefficient (Wildman–Crippen LogP) is 4.06. The van der Waals surface area contributed by atoms with Gasteiger partial charge in [-0.1, -0.05) is 79.4 Å². The number of amides is 1. The first-order chi connectivity index (χ1) is 18.6. The summed E-state index contributed by atoms with van der Waals surface area (Å²) in [6.07, 6.45) is 6.54. The molecule has 1 heterocycles. The van der Waals surface area contributed by atoms with E-state index >= 15 is 0 Å². The molecule has 39 heavy (non-hydrogen) atoms. The van der Waals surface area contributed by atoms with Crippen molar-refractivity contribution < 1.29 is 18.3 Å². The number of aliphatic hydroxyl groups is 1. The quantitative estimate of drug-likeness (QED) is 0.367. The zero-order chi connectivity index (χ0) is 28.4. The van der Waals surface area contributed by atoms with E-state index in [1.807, 2.05) is 73.8 Å². The zero-order valence-corrected chi connectivity index (χ0v) is 24.0. The molecule has 0 bridgehead atoms. The minimum Gasteiger partial charge on any atom is -0.392 e. The van der Waals surface area contributed by atoms with E-state index in [1.54, 1.807) is 24.0 Å². The Labute approximate surface area is 233 Å². The fourth-order valence-corrected chi connectivity index (χ4v) is 6.17. The van der Waals surface area contributed by atoms with Crippen molar-refractivity contribution in [2.24, 2.45) is 0 Å². The van der Waals surface area contributed by atoms with Gasteiger partial charge in [0.2, 0.25) is 15.9 Å². The molecule has 210 valence electrons. The number of rotatable bonds is 13. The number of hydrogen-bond donors (Lipinski definition) is 2. The van der Waals surface area contributed by atoms with Gasteiger partial charge in [-0.3, -0.25) is 9.52 Å². The Morgan fingerprint density at radius 2 is 1.62 bits per heavy atom. The van der Waals surface area contributed by atoms with Crippen molar-refractivity contribution in [3.8, 4) is 0 Å². The van der Waals surface area contributed by atoms with Crippen LogP contribution in [0, 0.1) is 0 Å².